The van der Waals surface area contributed by atoms with E-state index in [1.54, 1.807) is 60.8 Å². The van der Waals surface area contributed by atoms with E-state index in [2.05, 4.69) is 31.0 Å². The molecule has 1 saturated carbocycles. The van der Waals surface area contributed by atoms with Crippen molar-refractivity contribution in [3.8, 4) is 11.6 Å². The summed E-state index contributed by atoms with van der Waals surface area (Å²) in [5.74, 6) is 0.339. The number of hydrogen-bond acceptors (Lipinski definition) is 7. The number of allylic oxidation sites excluding steroid dienone is 1. The maximum atomic E-state index is 12.8. The molecule has 5 rings (SSSR count). The number of pyridine rings is 1. The summed E-state index contributed by atoms with van der Waals surface area (Å²) in [5, 5.41) is 12.5. The Morgan fingerprint density at radius 1 is 0.974 bits per heavy atom. The summed E-state index contributed by atoms with van der Waals surface area (Å²) in [6.07, 6.45) is 6.94. The monoisotopic (exact) mass is 511 g/mol. The van der Waals surface area contributed by atoms with Gasteiger partial charge >= 0.3 is 0 Å². The zero-order valence-corrected chi connectivity index (χ0v) is 20.5. The van der Waals surface area contributed by atoms with Crippen LogP contribution >= 0.6 is 0 Å². The molecule has 3 amide bonds. The lowest BCUT2D eigenvalue weighted by atomic mass is 10.2. The van der Waals surface area contributed by atoms with Gasteiger partial charge in [-0.1, -0.05) is 31.2 Å². The van der Waals surface area contributed by atoms with Gasteiger partial charge in [0.15, 0.2) is 11.5 Å². The molecule has 0 radical (unpaired) electrons. The minimum Gasteiger partial charge on any atom is -0.436 e. The van der Waals surface area contributed by atoms with Crippen molar-refractivity contribution in [1.82, 2.24) is 19.6 Å². The first kappa shape index (κ1) is 24.6. The van der Waals surface area contributed by atoms with E-state index in [1.807, 2.05) is 13.0 Å². The summed E-state index contributed by atoms with van der Waals surface area (Å²) >= 11 is 0. The Hall–Kier alpha value is -5.06. The molecule has 11 heteroatoms. The van der Waals surface area contributed by atoms with Gasteiger partial charge in [-0.05, 0) is 49.6 Å². The van der Waals surface area contributed by atoms with Crippen LogP contribution in [-0.2, 0) is 14.4 Å². The predicted molar refractivity (Wildman–Crippen MR) is 141 cm³/mol. The minimum absolute atomic E-state index is 0.0102. The highest BCUT2D eigenvalue weighted by Crippen LogP contribution is 2.30. The van der Waals surface area contributed by atoms with E-state index in [-0.39, 0.29) is 23.2 Å². The average molecular weight is 512 g/mol. The van der Waals surface area contributed by atoms with Crippen LogP contribution in [0.1, 0.15) is 26.2 Å². The number of aromatic nitrogens is 4. The van der Waals surface area contributed by atoms with Crippen LogP contribution in [-0.4, -0.2) is 37.3 Å². The Morgan fingerprint density at radius 3 is 2.47 bits per heavy atom. The second-order valence-electron chi connectivity index (χ2n) is 8.65. The van der Waals surface area contributed by atoms with Crippen molar-refractivity contribution in [3.05, 3.63) is 78.6 Å². The number of carbonyl (C=O) groups excluding carboxylic acids is 3. The van der Waals surface area contributed by atoms with E-state index in [1.165, 1.54) is 10.7 Å². The molecule has 1 aromatic carbocycles. The van der Waals surface area contributed by atoms with Gasteiger partial charge in [0, 0.05) is 17.7 Å². The third-order valence-electron chi connectivity index (χ3n) is 5.62. The average Bonchev–Trinajstić information content (AvgIpc) is 3.69. The van der Waals surface area contributed by atoms with Gasteiger partial charge in [0.25, 0.3) is 11.8 Å². The van der Waals surface area contributed by atoms with E-state index >= 15 is 0 Å². The molecule has 3 N–H and O–H groups in total. The summed E-state index contributed by atoms with van der Waals surface area (Å²) in [4.78, 5) is 46.0. The molecule has 1 fully saturated rings. The number of nitrogens with one attached hydrogen (secondary N) is 3. The number of rotatable bonds is 9. The van der Waals surface area contributed by atoms with Crippen LogP contribution in [0.4, 0.5) is 17.3 Å². The van der Waals surface area contributed by atoms with Crippen molar-refractivity contribution in [2.24, 2.45) is 5.92 Å². The number of fused-ring (bicyclic) bond motifs is 1. The molecular formula is C27H25N7O4. The zero-order chi connectivity index (χ0) is 26.5. The van der Waals surface area contributed by atoms with Crippen molar-refractivity contribution in [2.45, 2.75) is 26.2 Å². The smallest absolute Gasteiger partial charge is 0.262 e. The summed E-state index contributed by atoms with van der Waals surface area (Å²) in [5.41, 5.74) is 1.14. The predicted octanol–water partition coefficient (Wildman–Crippen LogP) is 4.18. The quantitative estimate of drug-likeness (QED) is 0.174. The van der Waals surface area contributed by atoms with Crippen LogP contribution in [0.2, 0.25) is 0 Å². The number of benzene rings is 1. The number of carbonyl (C=O) groups is 3. The van der Waals surface area contributed by atoms with Crippen molar-refractivity contribution in [1.29, 1.82) is 0 Å². The van der Waals surface area contributed by atoms with Crippen LogP contribution in [0.15, 0.2) is 78.6 Å². The lowest BCUT2D eigenvalue weighted by Gasteiger charge is -2.10. The molecular weight excluding hydrogens is 486 g/mol. The fourth-order valence-corrected chi connectivity index (χ4v) is 3.58. The Balaban J connectivity index is 1.21. The van der Waals surface area contributed by atoms with Crippen molar-refractivity contribution in [3.63, 3.8) is 0 Å². The van der Waals surface area contributed by atoms with Crippen LogP contribution in [0.5, 0.6) is 11.6 Å². The molecule has 0 aliphatic heterocycles. The first-order valence-electron chi connectivity index (χ1n) is 12.2. The first-order valence-corrected chi connectivity index (χ1v) is 12.2. The Bertz CT molecular complexity index is 1510. The molecule has 1 aliphatic carbocycles. The number of hydrogen-bond donors (Lipinski definition) is 3. The van der Waals surface area contributed by atoms with Gasteiger partial charge in [-0.2, -0.15) is 0 Å². The third-order valence-corrected chi connectivity index (χ3v) is 5.62. The maximum absolute atomic E-state index is 12.8. The molecule has 3 heterocycles. The number of amides is 3. The third kappa shape index (κ3) is 6.01. The lowest BCUT2D eigenvalue weighted by Crippen LogP contribution is -2.25. The van der Waals surface area contributed by atoms with Gasteiger partial charge in [-0.15, -0.1) is 5.10 Å². The van der Waals surface area contributed by atoms with Gasteiger partial charge in [0.2, 0.25) is 11.8 Å². The van der Waals surface area contributed by atoms with Gasteiger partial charge < -0.3 is 20.7 Å². The molecule has 0 atom stereocenters. The Kier molecular flexibility index (Phi) is 7.07. The van der Waals surface area contributed by atoms with Gasteiger partial charge in [0.1, 0.15) is 17.1 Å². The Morgan fingerprint density at radius 2 is 1.76 bits per heavy atom. The Labute approximate surface area is 217 Å². The van der Waals surface area contributed by atoms with E-state index in [0.29, 0.717) is 35.2 Å². The molecule has 38 heavy (non-hydrogen) atoms. The summed E-state index contributed by atoms with van der Waals surface area (Å²) in [6, 6.07) is 15.5. The largest absolute Gasteiger partial charge is 0.436 e. The van der Waals surface area contributed by atoms with Gasteiger partial charge in [0.05, 0.1) is 12.4 Å². The second-order valence-corrected chi connectivity index (χ2v) is 8.65. The van der Waals surface area contributed by atoms with E-state index in [0.717, 1.165) is 12.8 Å². The molecule has 0 bridgehead atoms. The highest BCUT2D eigenvalue weighted by atomic mass is 16.5. The van der Waals surface area contributed by atoms with Crippen LogP contribution in [0.3, 0.4) is 0 Å². The van der Waals surface area contributed by atoms with Gasteiger partial charge in [-0.3, -0.25) is 14.4 Å². The van der Waals surface area contributed by atoms with Crippen molar-refractivity contribution < 1.29 is 19.1 Å². The van der Waals surface area contributed by atoms with Gasteiger partial charge in [-0.25, -0.2) is 14.5 Å². The fraction of sp³-hybridized carbons (Fsp3) is 0.185. The first-order chi connectivity index (χ1) is 18.5. The summed E-state index contributed by atoms with van der Waals surface area (Å²) in [6.45, 7) is 1.84. The molecule has 192 valence electrons. The second kappa shape index (κ2) is 10.9. The van der Waals surface area contributed by atoms with Crippen LogP contribution in [0.25, 0.3) is 5.65 Å². The number of anilines is 3. The van der Waals surface area contributed by atoms with Crippen molar-refractivity contribution in [2.75, 3.05) is 16.0 Å². The van der Waals surface area contributed by atoms with Crippen molar-refractivity contribution >= 4 is 40.7 Å². The number of para-hydroxylation sites is 1. The van der Waals surface area contributed by atoms with E-state index in [9.17, 15) is 14.4 Å². The SMILES string of the molecule is CC/C=C(\C(=O)Nc1ccccc1)C(=O)Nc1ccc(Oc2ccc3nc(NC(=O)C4CC4)cn3n2)cn1. The zero-order valence-electron chi connectivity index (χ0n) is 20.5. The number of nitrogens with zero attached hydrogens (tertiary/aromatic N) is 4. The lowest BCUT2D eigenvalue weighted by molar-refractivity contribution is -0.119. The highest BCUT2D eigenvalue weighted by Gasteiger charge is 2.30. The molecule has 11 nitrogen and oxygen atoms in total. The molecule has 4 aromatic rings. The molecule has 1 aliphatic rings. The highest BCUT2D eigenvalue weighted by molar-refractivity contribution is 6.26. The van der Waals surface area contributed by atoms with Crippen LogP contribution in [0, 0.1) is 5.92 Å². The fourth-order valence-electron chi connectivity index (χ4n) is 3.58. The molecule has 3 aromatic heterocycles. The van der Waals surface area contributed by atoms with E-state index in [4.69, 9.17) is 4.74 Å². The molecule has 0 spiro atoms. The van der Waals surface area contributed by atoms with Crippen LogP contribution < -0.4 is 20.7 Å². The van der Waals surface area contributed by atoms with E-state index < -0.39 is 11.8 Å². The number of ether oxygens (including phenoxy) is 1. The standard InChI is InChI=1S/C27H25N7O4/c1-2-6-20(26(36)29-18-7-4-3-5-8-18)27(37)31-21-12-11-19(15-28-21)38-24-14-13-23-30-22(16-34(23)33-24)32-25(35)17-9-10-17/h3-8,11-17H,2,9-10H2,1H3,(H,29,36)(H,32,35)(H,28,31,37)/b20-6+. The minimum atomic E-state index is -0.571. The topological polar surface area (TPSA) is 140 Å². The summed E-state index contributed by atoms with van der Waals surface area (Å²) < 4.78 is 7.29. The molecule has 0 saturated heterocycles. The molecule has 0 unspecified atom stereocenters. The number of imidazole rings is 1. The normalized spacial score (nSPS) is 13.1. The maximum Gasteiger partial charge on any atom is 0.262 e. The summed E-state index contributed by atoms with van der Waals surface area (Å²) in [7, 11) is 0.